The van der Waals surface area contributed by atoms with E-state index in [1.54, 1.807) is 24.3 Å². The number of ether oxygens (including phenoxy) is 3. The monoisotopic (exact) mass is 427 g/mol. The van der Waals surface area contributed by atoms with Gasteiger partial charge < -0.3 is 14.2 Å². The summed E-state index contributed by atoms with van der Waals surface area (Å²) in [6, 6.07) is 12.8. The molecule has 27 heavy (non-hydrogen) atoms. The fourth-order valence-corrected chi connectivity index (χ4v) is 2.70. The molecule has 1 aliphatic rings. The molecule has 1 heterocycles. The van der Waals surface area contributed by atoms with Gasteiger partial charge in [0.15, 0.2) is 17.2 Å². The summed E-state index contributed by atoms with van der Waals surface area (Å²) in [6.45, 7) is 6.41. The van der Waals surface area contributed by atoms with Gasteiger partial charge >= 0.3 is 5.97 Å². The first-order valence-electron chi connectivity index (χ1n) is 8.39. The standard InChI is InChI=1S/C21H18BrNO4/c1-3-11-26-18-10-5-14(13-19(18)25-4-2)12-17-21(24)27-20(23-17)15-6-8-16(22)9-7-15/h3,5-10,12-13H,1,4,11H2,2H3/b17-12-. The minimum atomic E-state index is -0.488. The second-order valence-electron chi connectivity index (χ2n) is 5.58. The van der Waals surface area contributed by atoms with Crippen LogP contribution in [0.5, 0.6) is 11.5 Å². The molecule has 0 saturated heterocycles. The number of carbonyl (C=O) groups excluding carboxylic acids is 1. The molecule has 6 heteroatoms. The van der Waals surface area contributed by atoms with E-state index in [1.165, 1.54) is 0 Å². The predicted molar refractivity (Wildman–Crippen MR) is 108 cm³/mol. The van der Waals surface area contributed by atoms with Crippen LogP contribution in [0.25, 0.3) is 6.08 Å². The van der Waals surface area contributed by atoms with Gasteiger partial charge in [0, 0.05) is 10.0 Å². The molecule has 0 fully saturated rings. The lowest BCUT2D eigenvalue weighted by molar-refractivity contribution is -0.129. The van der Waals surface area contributed by atoms with Gasteiger partial charge in [-0.25, -0.2) is 9.79 Å². The van der Waals surface area contributed by atoms with Crippen molar-refractivity contribution in [1.29, 1.82) is 0 Å². The number of cyclic esters (lactones) is 1. The Hall–Kier alpha value is -2.86. The van der Waals surface area contributed by atoms with Crippen LogP contribution in [0.4, 0.5) is 0 Å². The number of hydrogen-bond donors (Lipinski definition) is 0. The highest BCUT2D eigenvalue weighted by Gasteiger charge is 2.24. The number of rotatable bonds is 7. The van der Waals surface area contributed by atoms with Crippen molar-refractivity contribution in [3.05, 3.63) is 76.4 Å². The quantitative estimate of drug-likeness (QED) is 0.363. The van der Waals surface area contributed by atoms with Crippen LogP contribution in [-0.4, -0.2) is 25.1 Å². The highest BCUT2D eigenvalue weighted by atomic mass is 79.9. The lowest BCUT2D eigenvalue weighted by Crippen LogP contribution is -2.05. The van der Waals surface area contributed by atoms with E-state index in [-0.39, 0.29) is 11.6 Å². The van der Waals surface area contributed by atoms with Crippen LogP contribution in [-0.2, 0) is 9.53 Å². The minimum absolute atomic E-state index is 0.232. The second-order valence-corrected chi connectivity index (χ2v) is 6.50. The van der Waals surface area contributed by atoms with E-state index in [0.717, 1.165) is 15.6 Å². The number of carbonyl (C=O) groups is 1. The van der Waals surface area contributed by atoms with Crippen LogP contribution in [0.2, 0.25) is 0 Å². The minimum Gasteiger partial charge on any atom is -0.490 e. The molecule has 5 nitrogen and oxygen atoms in total. The van der Waals surface area contributed by atoms with Crippen LogP contribution >= 0.6 is 15.9 Å². The Labute approximate surface area is 166 Å². The maximum Gasteiger partial charge on any atom is 0.363 e. The van der Waals surface area contributed by atoms with Gasteiger partial charge in [-0.2, -0.15) is 0 Å². The molecule has 1 aliphatic heterocycles. The number of benzene rings is 2. The van der Waals surface area contributed by atoms with Crippen molar-refractivity contribution in [2.24, 2.45) is 4.99 Å². The van der Waals surface area contributed by atoms with E-state index in [1.807, 2.05) is 37.3 Å². The maximum atomic E-state index is 12.2. The molecule has 2 aromatic carbocycles. The van der Waals surface area contributed by atoms with Crippen molar-refractivity contribution >= 4 is 33.9 Å². The molecule has 0 bridgehead atoms. The molecular weight excluding hydrogens is 410 g/mol. The summed E-state index contributed by atoms with van der Waals surface area (Å²) in [6.07, 6.45) is 3.33. The zero-order valence-electron chi connectivity index (χ0n) is 14.8. The largest absolute Gasteiger partial charge is 0.490 e. The molecule has 0 unspecified atom stereocenters. The van der Waals surface area contributed by atoms with E-state index in [0.29, 0.717) is 24.7 Å². The fourth-order valence-electron chi connectivity index (χ4n) is 2.43. The number of hydrogen-bond acceptors (Lipinski definition) is 5. The molecule has 0 radical (unpaired) electrons. The first-order chi connectivity index (χ1) is 13.1. The molecule has 0 N–H and O–H groups in total. The first kappa shape index (κ1) is 18.9. The highest BCUT2D eigenvalue weighted by molar-refractivity contribution is 9.10. The van der Waals surface area contributed by atoms with Gasteiger partial charge in [-0.15, -0.1) is 0 Å². The molecule has 3 rings (SSSR count). The van der Waals surface area contributed by atoms with Gasteiger partial charge in [0.2, 0.25) is 5.90 Å². The zero-order valence-corrected chi connectivity index (χ0v) is 16.4. The van der Waals surface area contributed by atoms with Crippen molar-refractivity contribution in [1.82, 2.24) is 0 Å². The number of halogens is 1. The zero-order chi connectivity index (χ0) is 19.2. The van der Waals surface area contributed by atoms with Crippen molar-refractivity contribution in [3.63, 3.8) is 0 Å². The van der Waals surface area contributed by atoms with E-state index in [4.69, 9.17) is 14.2 Å². The molecule has 0 aliphatic carbocycles. The fraction of sp³-hybridized carbons (Fsp3) is 0.143. The lowest BCUT2D eigenvalue weighted by Gasteiger charge is -2.11. The topological polar surface area (TPSA) is 57.1 Å². The summed E-state index contributed by atoms with van der Waals surface area (Å²) in [7, 11) is 0. The van der Waals surface area contributed by atoms with Crippen LogP contribution in [0.3, 0.4) is 0 Å². The molecule has 0 saturated carbocycles. The summed E-state index contributed by atoms with van der Waals surface area (Å²) >= 11 is 3.38. The Morgan fingerprint density at radius 1 is 1.15 bits per heavy atom. The second kappa shape index (κ2) is 8.68. The normalized spacial score (nSPS) is 14.7. The van der Waals surface area contributed by atoms with Crippen LogP contribution < -0.4 is 9.47 Å². The predicted octanol–water partition coefficient (Wildman–Crippen LogP) is 4.76. The Balaban J connectivity index is 1.88. The highest BCUT2D eigenvalue weighted by Crippen LogP contribution is 2.30. The first-order valence-corrected chi connectivity index (χ1v) is 9.19. The molecule has 0 atom stereocenters. The summed E-state index contributed by atoms with van der Waals surface area (Å²) in [4.78, 5) is 16.5. The SMILES string of the molecule is C=CCOc1ccc(/C=C2\N=C(c3ccc(Br)cc3)OC2=O)cc1OCC. The Morgan fingerprint density at radius 2 is 1.93 bits per heavy atom. The van der Waals surface area contributed by atoms with Gasteiger partial charge in [0.1, 0.15) is 6.61 Å². The van der Waals surface area contributed by atoms with Crippen LogP contribution in [0.1, 0.15) is 18.1 Å². The number of esters is 1. The Bertz CT molecular complexity index is 916. The van der Waals surface area contributed by atoms with Gasteiger partial charge in [-0.05, 0) is 55.0 Å². The molecule has 0 amide bonds. The maximum absolute atomic E-state index is 12.2. The van der Waals surface area contributed by atoms with E-state index in [2.05, 4.69) is 27.5 Å². The molecular formula is C21H18BrNO4. The summed E-state index contributed by atoms with van der Waals surface area (Å²) < 4.78 is 17.4. The molecule has 2 aromatic rings. The third-order valence-corrected chi connectivity index (χ3v) is 4.17. The van der Waals surface area contributed by atoms with Gasteiger partial charge in [0.05, 0.1) is 6.61 Å². The van der Waals surface area contributed by atoms with Gasteiger partial charge in [0.25, 0.3) is 0 Å². The third kappa shape index (κ3) is 4.65. The average Bonchev–Trinajstić information content (AvgIpc) is 3.02. The Kier molecular flexibility index (Phi) is 6.08. The van der Waals surface area contributed by atoms with Gasteiger partial charge in [-0.1, -0.05) is 34.7 Å². The van der Waals surface area contributed by atoms with E-state index < -0.39 is 5.97 Å². The molecule has 0 spiro atoms. The van der Waals surface area contributed by atoms with Crippen molar-refractivity contribution in [2.45, 2.75) is 6.92 Å². The van der Waals surface area contributed by atoms with Crippen molar-refractivity contribution in [3.8, 4) is 11.5 Å². The average molecular weight is 428 g/mol. The van der Waals surface area contributed by atoms with Crippen LogP contribution in [0, 0.1) is 0 Å². The van der Waals surface area contributed by atoms with Crippen LogP contribution in [0.15, 0.2) is 70.3 Å². The van der Waals surface area contributed by atoms with Crippen molar-refractivity contribution < 1.29 is 19.0 Å². The van der Waals surface area contributed by atoms with Gasteiger partial charge in [-0.3, -0.25) is 0 Å². The number of nitrogens with zero attached hydrogens (tertiary/aromatic N) is 1. The summed E-state index contributed by atoms with van der Waals surface area (Å²) in [5.74, 6) is 1.01. The summed E-state index contributed by atoms with van der Waals surface area (Å²) in [5, 5.41) is 0. The number of aliphatic imine (C=N–C) groups is 1. The van der Waals surface area contributed by atoms with E-state index >= 15 is 0 Å². The van der Waals surface area contributed by atoms with E-state index in [9.17, 15) is 4.79 Å². The third-order valence-electron chi connectivity index (χ3n) is 3.64. The Morgan fingerprint density at radius 3 is 2.63 bits per heavy atom. The lowest BCUT2D eigenvalue weighted by atomic mass is 10.1. The molecule has 0 aromatic heterocycles. The molecule has 138 valence electrons. The van der Waals surface area contributed by atoms with Crippen molar-refractivity contribution in [2.75, 3.05) is 13.2 Å². The summed E-state index contributed by atoms with van der Waals surface area (Å²) in [5.41, 5.74) is 1.73. The smallest absolute Gasteiger partial charge is 0.363 e.